The van der Waals surface area contributed by atoms with Gasteiger partial charge in [-0.15, -0.1) is 0 Å². The zero-order chi connectivity index (χ0) is 25.6. The van der Waals surface area contributed by atoms with Crippen molar-refractivity contribution in [1.29, 1.82) is 0 Å². The molecule has 3 heterocycles. The van der Waals surface area contributed by atoms with Crippen molar-refractivity contribution >= 4 is 35.7 Å². The van der Waals surface area contributed by atoms with E-state index in [0.29, 0.717) is 5.69 Å². The molecule has 0 amide bonds. The van der Waals surface area contributed by atoms with Crippen LogP contribution in [0.5, 0.6) is 0 Å². The Morgan fingerprint density at radius 3 is 1.59 bits per heavy atom. The van der Waals surface area contributed by atoms with Crippen LogP contribution in [0.2, 0.25) is 0 Å². The van der Waals surface area contributed by atoms with Crippen molar-refractivity contribution in [2.75, 3.05) is 76.3 Å². The highest BCUT2D eigenvalue weighted by Crippen LogP contribution is 2.20. The lowest BCUT2D eigenvalue weighted by atomic mass is 10.1. The summed E-state index contributed by atoms with van der Waals surface area (Å²) in [5.41, 5.74) is 5.70. The number of rotatable bonds is 6. The van der Waals surface area contributed by atoms with E-state index < -0.39 is 0 Å². The molecule has 0 atom stereocenters. The number of benzene rings is 2. The van der Waals surface area contributed by atoms with Crippen LogP contribution in [0, 0.1) is 0 Å². The second-order valence-electron chi connectivity index (χ2n) is 10.00. The van der Waals surface area contributed by atoms with Gasteiger partial charge >= 0.3 is 5.69 Å². The average Bonchev–Trinajstić information content (AvgIpc) is 2.92. The summed E-state index contributed by atoms with van der Waals surface area (Å²) in [6.45, 7) is 8.59. The molecule has 0 spiro atoms. The van der Waals surface area contributed by atoms with Crippen LogP contribution < -0.4 is 15.5 Å². The van der Waals surface area contributed by atoms with E-state index in [1.54, 1.807) is 0 Å². The van der Waals surface area contributed by atoms with Gasteiger partial charge < -0.3 is 24.6 Å². The number of hydrogen-bond acceptors (Lipinski definition) is 6. The van der Waals surface area contributed by atoms with E-state index in [-0.39, 0.29) is 5.69 Å². The van der Waals surface area contributed by atoms with Crippen molar-refractivity contribution in [3.8, 4) is 0 Å². The predicted octanol–water partition coefficient (Wildman–Crippen LogP) is 3.61. The van der Waals surface area contributed by atoms with Crippen LogP contribution >= 0.6 is 0 Å². The standard InChI is InChI=1S/C30H36N6O/c1-33-15-19-35(20-16-33)28-11-5-24(6-12-28)3-9-26-23-27(32-30(37)31-26)10-4-25-7-13-29(14-8-25)36-21-17-34(2)18-22-36/h3-14,23H,15-22H2,1-2H3,(H,31,32,37). The van der Waals surface area contributed by atoms with Crippen LogP contribution in [0.4, 0.5) is 11.4 Å². The zero-order valence-corrected chi connectivity index (χ0v) is 21.8. The van der Waals surface area contributed by atoms with Gasteiger partial charge in [0.05, 0.1) is 5.69 Å². The lowest BCUT2D eigenvalue weighted by molar-refractivity contribution is 0.313. The van der Waals surface area contributed by atoms with Crippen molar-refractivity contribution in [2.24, 2.45) is 0 Å². The van der Waals surface area contributed by atoms with E-state index in [1.807, 2.05) is 30.4 Å². The van der Waals surface area contributed by atoms with Gasteiger partial charge in [-0.1, -0.05) is 36.4 Å². The summed E-state index contributed by atoms with van der Waals surface area (Å²) < 4.78 is 0. The normalized spacial score (nSPS) is 17.8. The topological polar surface area (TPSA) is 58.7 Å². The van der Waals surface area contributed by atoms with Crippen LogP contribution in [0.25, 0.3) is 24.3 Å². The molecule has 0 radical (unpaired) electrons. The number of nitrogens with one attached hydrogen (secondary N) is 1. The molecule has 2 aliphatic rings. The molecule has 2 saturated heterocycles. The molecule has 7 heteroatoms. The molecule has 0 saturated carbocycles. The number of hydrogen-bond donors (Lipinski definition) is 1. The van der Waals surface area contributed by atoms with E-state index in [0.717, 1.165) is 69.2 Å². The van der Waals surface area contributed by atoms with Gasteiger partial charge in [0.2, 0.25) is 0 Å². The number of aromatic amines is 1. The molecule has 2 aromatic carbocycles. The van der Waals surface area contributed by atoms with E-state index in [2.05, 4.69) is 92.2 Å². The average molecular weight is 497 g/mol. The smallest absolute Gasteiger partial charge is 0.345 e. The Bertz CT molecular complexity index is 1180. The Kier molecular flexibility index (Phi) is 7.82. The number of H-pyrrole nitrogens is 1. The third kappa shape index (κ3) is 6.76. The lowest BCUT2D eigenvalue weighted by Gasteiger charge is -2.34. The maximum Gasteiger partial charge on any atom is 0.345 e. The molecule has 0 bridgehead atoms. The first-order valence-corrected chi connectivity index (χ1v) is 13.1. The summed E-state index contributed by atoms with van der Waals surface area (Å²) in [7, 11) is 4.34. The van der Waals surface area contributed by atoms with Crippen molar-refractivity contribution in [1.82, 2.24) is 19.8 Å². The number of likely N-dealkylation sites (N-methyl/N-ethyl adjacent to an activating group) is 2. The fourth-order valence-electron chi connectivity index (χ4n) is 4.76. The largest absolute Gasteiger partial charge is 0.369 e. The highest BCUT2D eigenvalue weighted by Gasteiger charge is 2.14. The van der Waals surface area contributed by atoms with Crippen molar-refractivity contribution in [2.45, 2.75) is 0 Å². The molecule has 0 unspecified atom stereocenters. The van der Waals surface area contributed by atoms with Gasteiger partial charge in [0.15, 0.2) is 0 Å². The Morgan fingerprint density at radius 1 is 0.649 bits per heavy atom. The minimum atomic E-state index is -0.349. The third-order valence-corrected chi connectivity index (χ3v) is 7.21. The quantitative estimate of drug-likeness (QED) is 0.563. The fraction of sp³-hybridized carbons (Fsp3) is 0.333. The highest BCUT2D eigenvalue weighted by atomic mass is 16.1. The molecule has 1 N–H and O–H groups in total. The molecule has 1 aromatic heterocycles. The molecule has 37 heavy (non-hydrogen) atoms. The maximum atomic E-state index is 12.2. The predicted molar refractivity (Wildman–Crippen MR) is 155 cm³/mol. The minimum Gasteiger partial charge on any atom is -0.369 e. The Morgan fingerprint density at radius 2 is 1.11 bits per heavy atom. The van der Waals surface area contributed by atoms with Crippen LogP contribution in [0.3, 0.4) is 0 Å². The van der Waals surface area contributed by atoms with Gasteiger partial charge in [-0.05, 0) is 67.7 Å². The molecular weight excluding hydrogens is 460 g/mol. The van der Waals surface area contributed by atoms with Crippen molar-refractivity contribution < 1.29 is 0 Å². The molecule has 5 rings (SSSR count). The minimum absolute atomic E-state index is 0.349. The monoisotopic (exact) mass is 496 g/mol. The van der Waals surface area contributed by atoms with Crippen LogP contribution in [-0.4, -0.2) is 86.2 Å². The molecule has 2 fully saturated rings. The lowest BCUT2D eigenvalue weighted by Crippen LogP contribution is -2.44. The Balaban J connectivity index is 1.22. The van der Waals surface area contributed by atoms with Gasteiger partial charge in [-0.3, -0.25) is 0 Å². The highest BCUT2D eigenvalue weighted by molar-refractivity contribution is 5.72. The van der Waals surface area contributed by atoms with Crippen LogP contribution in [0.15, 0.2) is 59.4 Å². The van der Waals surface area contributed by atoms with Gasteiger partial charge in [0.25, 0.3) is 0 Å². The van der Waals surface area contributed by atoms with Gasteiger partial charge in [0, 0.05) is 69.4 Å². The number of aromatic nitrogens is 2. The summed E-state index contributed by atoms with van der Waals surface area (Å²) in [4.78, 5) is 28.7. The molecule has 2 aliphatic heterocycles. The first-order valence-electron chi connectivity index (χ1n) is 13.1. The van der Waals surface area contributed by atoms with E-state index in [1.165, 1.54) is 11.4 Å². The van der Waals surface area contributed by atoms with Crippen LogP contribution in [0.1, 0.15) is 22.5 Å². The van der Waals surface area contributed by atoms with Gasteiger partial charge in [-0.2, -0.15) is 4.98 Å². The third-order valence-electron chi connectivity index (χ3n) is 7.21. The second-order valence-corrected chi connectivity index (χ2v) is 10.00. The summed E-state index contributed by atoms with van der Waals surface area (Å²) in [5, 5.41) is 0. The van der Waals surface area contributed by atoms with E-state index >= 15 is 0 Å². The molecule has 7 nitrogen and oxygen atoms in total. The molecule has 192 valence electrons. The van der Waals surface area contributed by atoms with Crippen LogP contribution in [-0.2, 0) is 0 Å². The summed E-state index contributed by atoms with van der Waals surface area (Å²) in [5.74, 6) is 0. The maximum absolute atomic E-state index is 12.2. The first kappa shape index (κ1) is 25.0. The van der Waals surface area contributed by atoms with Crippen molar-refractivity contribution in [3.05, 3.63) is 87.6 Å². The number of nitrogens with zero attached hydrogens (tertiary/aromatic N) is 5. The first-order chi connectivity index (χ1) is 18.0. The van der Waals surface area contributed by atoms with E-state index in [4.69, 9.17) is 0 Å². The molecule has 0 aliphatic carbocycles. The Hall–Kier alpha value is -3.68. The number of anilines is 2. The summed E-state index contributed by atoms with van der Waals surface area (Å²) in [6, 6.07) is 19.0. The van der Waals surface area contributed by atoms with Gasteiger partial charge in [0.1, 0.15) is 0 Å². The SMILES string of the molecule is CN1CCN(c2ccc(C=Cc3cc(C=Cc4ccc(N5CCN(C)CC5)cc4)[nH]c(=O)n3)cc2)CC1. The van der Waals surface area contributed by atoms with E-state index in [9.17, 15) is 4.79 Å². The molecular formula is C30H36N6O. The number of piperazine rings is 2. The zero-order valence-electron chi connectivity index (χ0n) is 21.8. The Labute approximate surface area is 219 Å². The summed E-state index contributed by atoms with van der Waals surface area (Å²) in [6.07, 6.45) is 7.84. The fourth-order valence-corrected chi connectivity index (χ4v) is 4.76. The second kappa shape index (κ2) is 11.6. The molecule has 3 aromatic rings. The van der Waals surface area contributed by atoms with Gasteiger partial charge in [-0.25, -0.2) is 4.79 Å². The van der Waals surface area contributed by atoms with Crippen molar-refractivity contribution in [3.63, 3.8) is 0 Å². The summed E-state index contributed by atoms with van der Waals surface area (Å²) >= 11 is 0.